The monoisotopic (exact) mass is 334 g/mol. The summed E-state index contributed by atoms with van der Waals surface area (Å²) in [6, 6.07) is 0. The topological polar surface area (TPSA) is 54.5 Å². The number of rotatable bonds is 0. The highest BCUT2D eigenvalue weighted by atomic mass is 16.7. The molecule has 0 aromatic heterocycles. The van der Waals surface area contributed by atoms with E-state index in [1.165, 1.54) is 11.1 Å². The van der Waals surface area contributed by atoms with Crippen LogP contribution in [-0.4, -0.2) is 40.4 Å². The molecule has 24 heavy (non-hydrogen) atoms. The Morgan fingerprint density at radius 3 is 2.67 bits per heavy atom. The van der Waals surface area contributed by atoms with E-state index in [1.807, 2.05) is 6.92 Å². The Hall–Kier alpha value is -0.680. The first-order valence-electron chi connectivity index (χ1n) is 9.34. The molecule has 4 aliphatic rings. The molecule has 6 atom stereocenters. The Bertz CT molecular complexity index is 596. The van der Waals surface area contributed by atoms with Crippen LogP contribution in [-0.2, 0) is 14.2 Å². The maximum Gasteiger partial charge on any atom is 0.187 e. The fourth-order valence-electron chi connectivity index (χ4n) is 4.61. The van der Waals surface area contributed by atoms with Crippen molar-refractivity contribution in [1.29, 1.82) is 0 Å². The molecule has 3 fully saturated rings. The molecule has 134 valence electrons. The van der Waals surface area contributed by atoms with E-state index in [4.69, 9.17) is 14.2 Å². The van der Waals surface area contributed by atoms with Gasteiger partial charge in [-0.15, -0.1) is 0 Å². The number of hydrogen-bond donors (Lipinski definition) is 1. The van der Waals surface area contributed by atoms with Crippen LogP contribution < -0.4 is 0 Å². The number of hydrogen-bond acceptors (Lipinski definition) is 4. The van der Waals surface area contributed by atoms with Gasteiger partial charge in [0.05, 0.1) is 11.7 Å². The Balaban J connectivity index is 1.57. The fraction of sp³-hybridized carbons (Fsp3) is 0.800. The number of allylic oxidation sites excluding steroid dienone is 3. The molecule has 3 saturated heterocycles. The summed E-state index contributed by atoms with van der Waals surface area (Å²) >= 11 is 0. The summed E-state index contributed by atoms with van der Waals surface area (Å²) in [5.74, 6) is 0. The summed E-state index contributed by atoms with van der Waals surface area (Å²) in [6.07, 6.45) is 10.0. The number of fused-ring (bicyclic) bond motifs is 1. The Morgan fingerprint density at radius 2 is 1.92 bits per heavy atom. The van der Waals surface area contributed by atoms with E-state index in [-0.39, 0.29) is 17.3 Å². The number of ether oxygens (including phenoxy) is 3. The van der Waals surface area contributed by atoms with Crippen LogP contribution in [0, 0.1) is 0 Å². The van der Waals surface area contributed by atoms with Crippen molar-refractivity contribution in [2.45, 2.75) is 102 Å². The third-order valence-corrected chi connectivity index (χ3v) is 6.70. The number of aliphatic hydroxyl groups excluding tert-OH is 1. The highest BCUT2D eigenvalue weighted by Crippen LogP contribution is 2.62. The lowest BCUT2D eigenvalue weighted by atomic mass is 9.84. The second kappa shape index (κ2) is 5.41. The summed E-state index contributed by atoms with van der Waals surface area (Å²) < 4.78 is 17.9. The van der Waals surface area contributed by atoms with Crippen LogP contribution in [0.1, 0.15) is 66.2 Å². The summed E-state index contributed by atoms with van der Waals surface area (Å²) in [6.45, 7) is 8.56. The van der Waals surface area contributed by atoms with Crippen LogP contribution in [0.5, 0.6) is 0 Å². The largest absolute Gasteiger partial charge is 0.366 e. The lowest BCUT2D eigenvalue weighted by Gasteiger charge is -2.19. The van der Waals surface area contributed by atoms with Crippen LogP contribution in [0.15, 0.2) is 23.3 Å². The Labute approximate surface area is 144 Å². The van der Waals surface area contributed by atoms with Gasteiger partial charge in [-0.2, -0.15) is 0 Å². The molecule has 3 heterocycles. The molecule has 4 rings (SSSR count). The average Bonchev–Trinajstić information content (AvgIpc) is 3.34. The van der Waals surface area contributed by atoms with E-state index in [0.717, 1.165) is 38.5 Å². The lowest BCUT2D eigenvalue weighted by molar-refractivity contribution is -0.154. The highest BCUT2D eigenvalue weighted by Gasteiger charge is 2.79. The van der Waals surface area contributed by atoms with E-state index in [9.17, 15) is 5.11 Å². The summed E-state index contributed by atoms with van der Waals surface area (Å²) in [5.41, 5.74) is 1.84. The van der Waals surface area contributed by atoms with Crippen molar-refractivity contribution >= 4 is 0 Å². The van der Waals surface area contributed by atoms with Crippen LogP contribution in [0.2, 0.25) is 0 Å². The van der Waals surface area contributed by atoms with Crippen molar-refractivity contribution in [3.05, 3.63) is 23.3 Å². The number of aliphatic hydroxyl groups is 1. The van der Waals surface area contributed by atoms with Gasteiger partial charge in [0, 0.05) is 0 Å². The second-order valence-corrected chi connectivity index (χ2v) is 8.57. The Kier molecular flexibility index (Phi) is 3.78. The van der Waals surface area contributed by atoms with Crippen LogP contribution in [0.3, 0.4) is 0 Å². The van der Waals surface area contributed by atoms with Crippen molar-refractivity contribution in [3.63, 3.8) is 0 Å². The first-order chi connectivity index (χ1) is 11.3. The van der Waals surface area contributed by atoms with Gasteiger partial charge in [-0.25, -0.2) is 0 Å². The molecule has 0 aromatic carbocycles. The quantitative estimate of drug-likeness (QED) is 0.543. The SMILES string of the molecule is C/C1=C\[C@@H]2O[C@H](O)[C@]3(C)O[C@]23CC/C(C)=C/CC[C@]2(C)O[C@@H]2CC1. The summed E-state index contributed by atoms with van der Waals surface area (Å²) in [5, 5.41) is 10.3. The zero-order chi connectivity index (χ0) is 17.2. The average molecular weight is 334 g/mol. The van der Waals surface area contributed by atoms with E-state index < -0.39 is 11.9 Å². The molecule has 1 spiro atoms. The lowest BCUT2D eigenvalue weighted by Crippen LogP contribution is -2.30. The van der Waals surface area contributed by atoms with Crippen LogP contribution in [0.4, 0.5) is 0 Å². The molecule has 1 aliphatic carbocycles. The summed E-state index contributed by atoms with van der Waals surface area (Å²) in [7, 11) is 0. The fourth-order valence-corrected chi connectivity index (χ4v) is 4.61. The molecule has 1 N–H and O–H groups in total. The molecule has 0 bridgehead atoms. The Morgan fingerprint density at radius 1 is 1.12 bits per heavy atom. The molecule has 3 aliphatic heterocycles. The first-order valence-corrected chi connectivity index (χ1v) is 9.34. The third-order valence-electron chi connectivity index (χ3n) is 6.70. The minimum Gasteiger partial charge on any atom is -0.366 e. The van der Waals surface area contributed by atoms with Crippen molar-refractivity contribution in [2.75, 3.05) is 0 Å². The maximum absolute atomic E-state index is 10.3. The first kappa shape index (κ1) is 16.8. The minimum atomic E-state index is -0.832. The normalized spacial score (nSPS) is 55.8. The van der Waals surface area contributed by atoms with Crippen molar-refractivity contribution < 1.29 is 19.3 Å². The van der Waals surface area contributed by atoms with Gasteiger partial charge in [-0.3, -0.25) is 0 Å². The zero-order valence-electron chi connectivity index (χ0n) is 15.3. The van der Waals surface area contributed by atoms with Gasteiger partial charge >= 0.3 is 0 Å². The van der Waals surface area contributed by atoms with E-state index in [0.29, 0.717) is 6.10 Å². The van der Waals surface area contributed by atoms with E-state index >= 15 is 0 Å². The molecule has 0 radical (unpaired) electrons. The molecule has 0 amide bonds. The molecule has 0 saturated carbocycles. The van der Waals surface area contributed by atoms with E-state index in [1.54, 1.807) is 0 Å². The van der Waals surface area contributed by atoms with E-state index in [2.05, 4.69) is 32.9 Å². The van der Waals surface area contributed by atoms with Crippen molar-refractivity contribution in [2.24, 2.45) is 0 Å². The predicted molar refractivity (Wildman–Crippen MR) is 91.6 cm³/mol. The standard InChI is InChI=1S/C20H30O4/c1-13-6-5-10-18(3)15(23-18)8-7-14(2)12-16-20(11-9-13)19(4,24-20)17(21)22-16/h6,12,15-17,21H,5,7-11H2,1-4H3/b13-6+,14-12+/t15-,16+,17+,18+,19+,20-/m1/s1. The third kappa shape index (κ3) is 2.50. The molecule has 4 heteroatoms. The molecule has 4 nitrogen and oxygen atoms in total. The van der Waals surface area contributed by atoms with Gasteiger partial charge in [0.2, 0.25) is 0 Å². The zero-order valence-corrected chi connectivity index (χ0v) is 15.3. The minimum absolute atomic E-state index is 0.0701. The maximum atomic E-state index is 10.3. The molecular weight excluding hydrogens is 304 g/mol. The van der Waals surface area contributed by atoms with Gasteiger partial charge < -0.3 is 19.3 Å². The van der Waals surface area contributed by atoms with Gasteiger partial charge in [-0.05, 0) is 66.2 Å². The van der Waals surface area contributed by atoms with Crippen molar-refractivity contribution in [3.8, 4) is 0 Å². The number of epoxide rings is 2. The summed E-state index contributed by atoms with van der Waals surface area (Å²) in [4.78, 5) is 0. The van der Waals surface area contributed by atoms with Crippen LogP contribution in [0.25, 0.3) is 0 Å². The van der Waals surface area contributed by atoms with Gasteiger partial charge in [0.1, 0.15) is 17.3 Å². The smallest absolute Gasteiger partial charge is 0.187 e. The van der Waals surface area contributed by atoms with Gasteiger partial charge in [0.25, 0.3) is 0 Å². The van der Waals surface area contributed by atoms with Crippen LogP contribution >= 0.6 is 0 Å². The molecular formula is C20H30O4. The second-order valence-electron chi connectivity index (χ2n) is 8.57. The molecule has 0 unspecified atom stereocenters. The highest BCUT2D eigenvalue weighted by molar-refractivity contribution is 5.29. The predicted octanol–water partition coefficient (Wildman–Crippen LogP) is 3.64. The van der Waals surface area contributed by atoms with Gasteiger partial charge in [0.15, 0.2) is 6.29 Å². The van der Waals surface area contributed by atoms with Crippen molar-refractivity contribution in [1.82, 2.24) is 0 Å². The van der Waals surface area contributed by atoms with Gasteiger partial charge in [-0.1, -0.05) is 23.3 Å². The molecule has 0 aromatic rings.